The molecule has 1 unspecified atom stereocenters. The molecule has 1 atom stereocenters. The highest BCUT2D eigenvalue weighted by Gasteiger charge is 2.32. The van der Waals surface area contributed by atoms with Gasteiger partial charge in [0.25, 0.3) is 0 Å². The molecule has 2 aliphatic rings. The van der Waals surface area contributed by atoms with Crippen molar-refractivity contribution in [1.29, 1.82) is 0 Å². The van der Waals surface area contributed by atoms with Gasteiger partial charge >= 0.3 is 0 Å². The minimum atomic E-state index is 0.177. The molecule has 2 saturated heterocycles. The average Bonchev–Trinajstić information content (AvgIpc) is 3.16. The third-order valence-electron chi connectivity index (χ3n) is 5.39. The second kappa shape index (κ2) is 9.86. The molecule has 26 heavy (non-hydrogen) atoms. The van der Waals surface area contributed by atoms with E-state index in [0.29, 0.717) is 5.91 Å². The highest BCUT2D eigenvalue weighted by atomic mass is 16.5. The molecule has 1 aromatic rings. The molecule has 5 heteroatoms. The summed E-state index contributed by atoms with van der Waals surface area (Å²) in [5.41, 5.74) is 1.24. The Morgan fingerprint density at radius 1 is 1.12 bits per heavy atom. The van der Waals surface area contributed by atoms with Crippen molar-refractivity contribution in [2.75, 3.05) is 66.1 Å². The van der Waals surface area contributed by atoms with Crippen LogP contribution in [0.1, 0.15) is 12.0 Å². The maximum absolute atomic E-state index is 12.8. The number of carbonyl (C=O) groups excluding carboxylic acids is 1. The lowest BCUT2D eigenvalue weighted by Crippen LogP contribution is -2.50. The maximum Gasteiger partial charge on any atom is 0.227 e. The van der Waals surface area contributed by atoms with E-state index in [1.54, 1.807) is 7.11 Å². The first kappa shape index (κ1) is 19.1. The molecule has 1 aromatic carbocycles. The summed E-state index contributed by atoms with van der Waals surface area (Å²) < 4.78 is 5.14. The monoisotopic (exact) mass is 357 g/mol. The molecule has 0 saturated carbocycles. The largest absolute Gasteiger partial charge is 0.383 e. The molecule has 0 radical (unpaired) electrons. The molecule has 5 nitrogen and oxygen atoms in total. The van der Waals surface area contributed by atoms with E-state index in [-0.39, 0.29) is 5.92 Å². The minimum absolute atomic E-state index is 0.177. The first-order valence-corrected chi connectivity index (χ1v) is 9.70. The molecule has 0 spiro atoms. The Kier molecular flexibility index (Phi) is 7.23. The lowest BCUT2D eigenvalue weighted by Gasteiger charge is -2.35. The number of hydrogen-bond acceptors (Lipinski definition) is 4. The summed E-state index contributed by atoms with van der Waals surface area (Å²) in [5.74, 6) is 0.528. The van der Waals surface area contributed by atoms with Gasteiger partial charge in [0.15, 0.2) is 0 Å². The van der Waals surface area contributed by atoms with Gasteiger partial charge in [0.05, 0.1) is 12.5 Å². The van der Waals surface area contributed by atoms with Gasteiger partial charge in [-0.2, -0.15) is 0 Å². The summed E-state index contributed by atoms with van der Waals surface area (Å²) in [6.45, 7) is 8.17. The van der Waals surface area contributed by atoms with Crippen LogP contribution in [0.2, 0.25) is 0 Å². The van der Waals surface area contributed by atoms with E-state index in [1.807, 2.05) is 6.07 Å². The number of ether oxygens (including phenoxy) is 1. The Morgan fingerprint density at radius 3 is 2.62 bits per heavy atom. The van der Waals surface area contributed by atoms with Gasteiger partial charge in [-0.05, 0) is 18.5 Å². The molecule has 142 valence electrons. The van der Waals surface area contributed by atoms with Crippen molar-refractivity contribution < 1.29 is 9.53 Å². The van der Waals surface area contributed by atoms with E-state index in [4.69, 9.17) is 4.74 Å². The Morgan fingerprint density at radius 2 is 1.88 bits per heavy atom. The van der Waals surface area contributed by atoms with Crippen LogP contribution in [0.25, 0.3) is 6.08 Å². The quantitative estimate of drug-likeness (QED) is 0.746. The third-order valence-corrected chi connectivity index (χ3v) is 5.39. The van der Waals surface area contributed by atoms with E-state index in [9.17, 15) is 4.79 Å². The highest BCUT2D eigenvalue weighted by molar-refractivity contribution is 5.79. The van der Waals surface area contributed by atoms with Crippen LogP contribution in [0.3, 0.4) is 0 Å². The van der Waals surface area contributed by atoms with Gasteiger partial charge < -0.3 is 14.5 Å². The maximum atomic E-state index is 12.8. The van der Waals surface area contributed by atoms with Crippen LogP contribution in [-0.2, 0) is 9.53 Å². The first-order chi connectivity index (χ1) is 12.8. The van der Waals surface area contributed by atoms with Crippen LogP contribution in [0.4, 0.5) is 0 Å². The summed E-state index contributed by atoms with van der Waals surface area (Å²) in [6, 6.07) is 10.4. The van der Waals surface area contributed by atoms with Crippen molar-refractivity contribution in [1.82, 2.24) is 14.7 Å². The number of likely N-dealkylation sites (tertiary alicyclic amines) is 1. The van der Waals surface area contributed by atoms with Crippen molar-refractivity contribution in [2.45, 2.75) is 6.42 Å². The summed E-state index contributed by atoms with van der Waals surface area (Å²) in [6.07, 6.45) is 5.38. The number of amides is 1. The number of piperazine rings is 1. The number of rotatable bonds is 7. The molecule has 2 heterocycles. The third kappa shape index (κ3) is 5.40. The molecule has 0 aliphatic carbocycles. The van der Waals surface area contributed by atoms with Crippen LogP contribution in [0, 0.1) is 5.92 Å². The SMILES string of the molecule is COCCN1CCC(C(=O)N2CCN(CC=Cc3ccccc3)CC2)C1. The Balaban J connectivity index is 1.38. The summed E-state index contributed by atoms with van der Waals surface area (Å²) in [7, 11) is 1.73. The minimum Gasteiger partial charge on any atom is -0.383 e. The average molecular weight is 357 g/mol. The van der Waals surface area contributed by atoms with Gasteiger partial charge in [-0.15, -0.1) is 0 Å². The number of carbonyl (C=O) groups is 1. The van der Waals surface area contributed by atoms with E-state index in [2.05, 4.69) is 51.1 Å². The lowest BCUT2D eigenvalue weighted by molar-refractivity contribution is -0.136. The number of nitrogens with zero attached hydrogens (tertiary/aromatic N) is 3. The molecule has 0 N–H and O–H groups in total. The van der Waals surface area contributed by atoms with Gasteiger partial charge in [-0.3, -0.25) is 9.69 Å². The molecule has 0 bridgehead atoms. The molecule has 1 amide bonds. The molecule has 2 fully saturated rings. The van der Waals surface area contributed by atoms with E-state index >= 15 is 0 Å². The van der Waals surface area contributed by atoms with Crippen LogP contribution < -0.4 is 0 Å². The first-order valence-electron chi connectivity index (χ1n) is 9.70. The van der Waals surface area contributed by atoms with Gasteiger partial charge in [0, 0.05) is 52.9 Å². The Labute approximate surface area is 157 Å². The van der Waals surface area contributed by atoms with Crippen LogP contribution in [0.15, 0.2) is 36.4 Å². The van der Waals surface area contributed by atoms with Crippen LogP contribution >= 0.6 is 0 Å². The fourth-order valence-corrected chi connectivity index (χ4v) is 3.77. The summed E-state index contributed by atoms with van der Waals surface area (Å²) >= 11 is 0. The Bertz CT molecular complexity index is 582. The van der Waals surface area contributed by atoms with Crippen molar-refractivity contribution in [3.05, 3.63) is 42.0 Å². The second-order valence-corrected chi connectivity index (χ2v) is 7.22. The number of methoxy groups -OCH3 is 1. The molecule has 3 rings (SSSR count). The van der Waals surface area contributed by atoms with Gasteiger partial charge in [-0.1, -0.05) is 42.5 Å². The van der Waals surface area contributed by atoms with Gasteiger partial charge in [0.1, 0.15) is 0 Å². The lowest BCUT2D eigenvalue weighted by atomic mass is 10.1. The van der Waals surface area contributed by atoms with E-state index in [1.165, 1.54) is 5.56 Å². The zero-order chi connectivity index (χ0) is 18.2. The van der Waals surface area contributed by atoms with E-state index < -0.39 is 0 Å². The fourth-order valence-electron chi connectivity index (χ4n) is 3.77. The fraction of sp³-hybridized carbons (Fsp3) is 0.571. The summed E-state index contributed by atoms with van der Waals surface area (Å²) in [5, 5.41) is 0. The molecular formula is C21H31N3O2. The van der Waals surface area contributed by atoms with Crippen molar-refractivity contribution in [3.8, 4) is 0 Å². The molecule has 2 aliphatic heterocycles. The smallest absolute Gasteiger partial charge is 0.227 e. The molecule has 0 aromatic heterocycles. The number of benzene rings is 1. The van der Waals surface area contributed by atoms with Crippen molar-refractivity contribution >= 4 is 12.0 Å². The zero-order valence-corrected chi connectivity index (χ0v) is 15.8. The molecular weight excluding hydrogens is 326 g/mol. The van der Waals surface area contributed by atoms with E-state index in [0.717, 1.165) is 65.4 Å². The Hall–Kier alpha value is -1.69. The topological polar surface area (TPSA) is 36.0 Å². The zero-order valence-electron chi connectivity index (χ0n) is 15.8. The van der Waals surface area contributed by atoms with Gasteiger partial charge in [-0.25, -0.2) is 0 Å². The predicted molar refractivity (Wildman–Crippen MR) is 105 cm³/mol. The normalized spacial score (nSPS) is 22.3. The highest BCUT2D eigenvalue weighted by Crippen LogP contribution is 2.19. The standard InChI is InChI=1S/C21H31N3O2/c1-26-17-16-23-11-9-20(18-23)21(25)24-14-12-22(13-15-24)10-5-8-19-6-3-2-4-7-19/h2-8,20H,9-18H2,1H3. The summed E-state index contributed by atoms with van der Waals surface area (Å²) in [4.78, 5) is 19.6. The van der Waals surface area contributed by atoms with Crippen molar-refractivity contribution in [2.24, 2.45) is 5.92 Å². The van der Waals surface area contributed by atoms with Crippen LogP contribution in [-0.4, -0.2) is 86.7 Å². The second-order valence-electron chi connectivity index (χ2n) is 7.22. The number of hydrogen-bond donors (Lipinski definition) is 0. The van der Waals surface area contributed by atoms with Gasteiger partial charge in [0.2, 0.25) is 5.91 Å². The van der Waals surface area contributed by atoms with Crippen molar-refractivity contribution in [3.63, 3.8) is 0 Å². The van der Waals surface area contributed by atoms with Crippen LogP contribution in [0.5, 0.6) is 0 Å². The predicted octanol–water partition coefficient (Wildman–Crippen LogP) is 1.81.